The molecule has 0 saturated carbocycles. The minimum absolute atomic E-state index is 0.565. The molecule has 7 aromatic rings. The van der Waals surface area contributed by atoms with E-state index < -0.39 is 0 Å². The van der Waals surface area contributed by atoms with Gasteiger partial charge in [0.2, 0.25) is 0 Å². The smallest absolute Gasteiger partial charge is 0.192 e. The lowest BCUT2D eigenvalue weighted by molar-refractivity contribution is 0.669. The highest BCUT2D eigenvalue weighted by molar-refractivity contribution is 7.21. The van der Waals surface area contributed by atoms with Gasteiger partial charge in [-0.15, -0.1) is 11.3 Å². The zero-order valence-corrected chi connectivity index (χ0v) is 18.7. The molecule has 0 aliphatic carbocycles. The molecule has 0 saturated heterocycles. The van der Waals surface area contributed by atoms with Gasteiger partial charge in [-0.1, -0.05) is 78.9 Å². The first-order chi connectivity index (χ1) is 16.8. The van der Waals surface area contributed by atoms with Crippen molar-refractivity contribution in [1.29, 1.82) is 0 Å². The van der Waals surface area contributed by atoms with Gasteiger partial charge in [0.05, 0.1) is 10.2 Å². The van der Waals surface area contributed by atoms with Gasteiger partial charge in [0.15, 0.2) is 22.5 Å². The summed E-state index contributed by atoms with van der Waals surface area (Å²) in [5.41, 5.74) is 4.52. The van der Waals surface area contributed by atoms with E-state index in [-0.39, 0.29) is 0 Å². The van der Waals surface area contributed by atoms with Crippen LogP contribution in [-0.2, 0) is 0 Å². The van der Waals surface area contributed by atoms with Crippen LogP contribution in [0.15, 0.2) is 101 Å². The molecule has 0 amide bonds. The van der Waals surface area contributed by atoms with E-state index in [0.29, 0.717) is 17.5 Å². The second-order valence-corrected chi connectivity index (χ2v) is 9.00. The minimum Gasteiger partial charge on any atom is -0.456 e. The molecular weight excluding hydrogens is 440 g/mol. The number of rotatable bonds is 3. The van der Waals surface area contributed by atoms with Crippen LogP contribution in [0.5, 0.6) is 0 Å². The van der Waals surface area contributed by atoms with Crippen LogP contribution in [0.2, 0.25) is 0 Å². The fourth-order valence-corrected chi connectivity index (χ4v) is 5.06. The molecule has 5 nitrogen and oxygen atoms in total. The van der Waals surface area contributed by atoms with Gasteiger partial charge >= 0.3 is 0 Å². The van der Waals surface area contributed by atoms with Crippen molar-refractivity contribution in [3.05, 3.63) is 97.1 Å². The Bertz CT molecular complexity index is 1750. The first kappa shape index (κ1) is 19.1. The first-order valence-corrected chi connectivity index (χ1v) is 11.7. The summed E-state index contributed by atoms with van der Waals surface area (Å²) in [5.74, 6) is 1.82. The second kappa shape index (κ2) is 7.57. The summed E-state index contributed by atoms with van der Waals surface area (Å²) in [6.45, 7) is 0. The Labute approximate surface area is 198 Å². The van der Waals surface area contributed by atoms with Crippen LogP contribution in [0.3, 0.4) is 0 Å². The third-order valence-electron chi connectivity index (χ3n) is 5.78. The molecule has 4 aromatic carbocycles. The molecule has 160 valence electrons. The molecule has 0 atom stereocenters. The van der Waals surface area contributed by atoms with Crippen molar-refractivity contribution in [2.75, 3.05) is 0 Å². The van der Waals surface area contributed by atoms with E-state index in [1.807, 2.05) is 78.9 Å². The Morgan fingerprint density at radius 2 is 1.15 bits per heavy atom. The van der Waals surface area contributed by atoms with E-state index in [4.69, 9.17) is 24.4 Å². The van der Waals surface area contributed by atoms with Crippen molar-refractivity contribution in [3.8, 4) is 33.6 Å². The van der Waals surface area contributed by atoms with Crippen molar-refractivity contribution in [3.63, 3.8) is 0 Å². The molecule has 0 aliphatic heterocycles. The Balaban J connectivity index is 1.43. The van der Waals surface area contributed by atoms with Crippen molar-refractivity contribution in [1.82, 2.24) is 19.9 Å². The summed E-state index contributed by atoms with van der Waals surface area (Å²) < 4.78 is 7.10. The van der Waals surface area contributed by atoms with Gasteiger partial charge in [0.25, 0.3) is 0 Å². The molecule has 0 radical (unpaired) electrons. The zero-order chi connectivity index (χ0) is 22.5. The van der Waals surface area contributed by atoms with Crippen LogP contribution in [0.4, 0.5) is 0 Å². The lowest BCUT2D eigenvalue weighted by atomic mass is 10.1. The number of aromatic nitrogens is 4. The maximum absolute atomic E-state index is 6.07. The average molecular weight is 457 g/mol. The summed E-state index contributed by atoms with van der Waals surface area (Å²) in [6, 6.07) is 32.1. The molecule has 7 rings (SSSR count). The van der Waals surface area contributed by atoms with Gasteiger partial charge in [0, 0.05) is 28.0 Å². The van der Waals surface area contributed by atoms with Crippen molar-refractivity contribution < 1.29 is 4.42 Å². The Kier molecular flexibility index (Phi) is 4.25. The lowest BCUT2D eigenvalue weighted by Crippen LogP contribution is -1.99. The lowest BCUT2D eigenvalue weighted by Gasteiger charge is -2.06. The normalized spacial score (nSPS) is 11.5. The average Bonchev–Trinajstić information content (AvgIpc) is 3.48. The molecule has 0 aliphatic rings. The summed E-state index contributed by atoms with van der Waals surface area (Å²) in [5, 5.41) is 2.90. The summed E-state index contributed by atoms with van der Waals surface area (Å²) in [6.07, 6.45) is 0. The Morgan fingerprint density at radius 3 is 1.85 bits per heavy atom. The van der Waals surface area contributed by atoms with E-state index >= 15 is 0 Å². The fourth-order valence-electron chi connectivity index (χ4n) is 4.15. The molecule has 6 heteroatoms. The van der Waals surface area contributed by atoms with Crippen molar-refractivity contribution >= 4 is 43.5 Å². The molecule has 3 heterocycles. The van der Waals surface area contributed by atoms with Gasteiger partial charge in [0.1, 0.15) is 11.2 Å². The van der Waals surface area contributed by atoms with Crippen LogP contribution in [0.1, 0.15) is 0 Å². The number of furan rings is 1. The van der Waals surface area contributed by atoms with Gasteiger partial charge in [-0.05, 0) is 12.1 Å². The quantitative estimate of drug-likeness (QED) is 0.277. The van der Waals surface area contributed by atoms with Gasteiger partial charge in [-0.3, -0.25) is 0 Å². The van der Waals surface area contributed by atoms with Gasteiger partial charge < -0.3 is 4.42 Å². The highest BCUT2D eigenvalue weighted by atomic mass is 32.1. The molecule has 0 fully saturated rings. The second-order valence-electron chi connectivity index (χ2n) is 7.97. The molecular formula is C28H16N4OS. The van der Waals surface area contributed by atoms with E-state index in [1.165, 1.54) is 0 Å². The van der Waals surface area contributed by atoms with Crippen LogP contribution in [-0.4, -0.2) is 19.9 Å². The zero-order valence-electron chi connectivity index (χ0n) is 17.8. The predicted molar refractivity (Wildman–Crippen MR) is 137 cm³/mol. The number of hydrogen-bond acceptors (Lipinski definition) is 6. The van der Waals surface area contributed by atoms with Crippen LogP contribution >= 0.6 is 11.3 Å². The van der Waals surface area contributed by atoms with E-state index in [1.54, 1.807) is 11.3 Å². The largest absolute Gasteiger partial charge is 0.456 e. The van der Waals surface area contributed by atoms with Crippen LogP contribution in [0.25, 0.3) is 65.8 Å². The number of hydrogen-bond donors (Lipinski definition) is 0. The SMILES string of the molecule is c1ccc(-c2nc(-c3ccccc3)nc(-c3nc4cc5c(cc4s3)oc3ccccc35)n2)cc1. The standard InChI is InChI=1S/C28H16N4OS/c1-3-9-17(10-4-1)25-30-26(18-11-5-2-6-12-18)32-27(31-25)28-29-21-15-20-19-13-7-8-14-22(19)33-23(20)16-24(21)34-28/h1-16H. The topological polar surface area (TPSA) is 64.7 Å². The minimum atomic E-state index is 0.565. The fraction of sp³-hybridized carbons (Fsp3) is 0. The van der Waals surface area contributed by atoms with Crippen molar-refractivity contribution in [2.24, 2.45) is 0 Å². The summed E-state index contributed by atoms with van der Waals surface area (Å²) >= 11 is 1.56. The Morgan fingerprint density at radius 1 is 0.529 bits per heavy atom. The molecule has 0 spiro atoms. The number of nitrogens with zero attached hydrogens (tertiary/aromatic N) is 4. The third-order valence-corrected chi connectivity index (χ3v) is 6.79. The first-order valence-electron chi connectivity index (χ1n) is 10.9. The molecule has 0 N–H and O–H groups in total. The van der Waals surface area contributed by atoms with Crippen molar-refractivity contribution in [2.45, 2.75) is 0 Å². The number of fused-ring (bicyclic) bond motifs is 4. The third kappa shape index (κ3) is 3.16. The maximum Gasteiger partial charge on any atom is 0.192 e. The monoisotopic (exact) mass is 456 g/mol. The molecule has 34 heavy (non-hydrogen) atoms. The molecule has 3 aromatic heterocycles. The number of para-hydroxylation sites is 1. The molecule has 0 bridgehead atoms. The van der Waals surface area contributed by atoms with E-state index in [0.717, 1.165) is 48.3 Å². The van der Waals surface area contributed by atoms with Crippen LogP contribution < -0.4 is 0 Å². The van der Waals surface area contributed by atoms with E-state index in [9.17, 15) is 0 Å². The Hall–Kier alpha value is -4.42. The van der Waals surface area contributed by atoms with Gasteiger partial charge in [-0.2, -0.15) is 0 Å². The highest BCUT2D eigenvalue weighted by Gasteiger charge is 2.17. The molecule has 0 unspecified atom stereocenters. The highest BCUT2D eigenvalue weighted by Crippen LogP contribution is 2.36. The van der Waals surface area contributed by atoms with E-state index in [2.05, 4.69) is 18.2 Å². The van der Waals surface area contributed by atoms with Crippen LogP contribution in [0, 0.1) is 0 Å². The number of benzene rings is 4. The predicted octanol–water partition coefficient (Wildman–Crippen LogP) is 7.38. The maximum atomic E-state index is 6.07. The number of thiazole rings is 1. The van der Waals surface area contributed by atoms with Gasteiger partial charge in [-0.25, -0.2) is 19.9 Å². The summed E-state index contributed by atoms with van der Waals surface area (Å²) in [7, 11) is 0. The summed E-state index contributed by atoms with van der Waals surface area (Å²) in [4.78, 5) is 19.3.